The van der Waals surface area contributed by atoms with Gasteiger partial charge in [0, 0.05) is 40.5 Å². The highest BCUT2D eigenvalue weighted by Gasteiger charge is 2.45. The average molecular weight is 682 g/mol. The minimum absolute atomic E-state index is 0.0161. The summed E-state index contributed by atoms with van der Waals surface area (Å²) in [6, 6.07) is 19.0. The fraction of sp³-hybridized carbons (Fsp3) is 0.219. The van der Waals surface area contributed by atoms with E-state index in [4.69, 9.17) is 4.74 Å². The second-order valence-corrected chi connectivity index (χ2v) is 12.3. The highest BCUT2D eigenvalue weighted by atomic mass is 127. The first-order valence-electron chi connectivity index (χ1n) is 13.2. The number of hydrogen-bond acceptors (Lipinski definition) is 5. The van der Waals surface area contributed by atoms with Gasteiger partial charge in [-0.2, -0.15) is 5.10 Å². The van der Waals surface area contributed by atoms with Gasteiger partial charge in [-0.1, -0.05) is 73.8 Å². The molecule has 0 saturated carbocycles. The first-order valence-corrected chi connectivity index (χ1v) is 15.1. The lowest BCUT2D eigenvalue weighted by Crippen LogP contribution is -2.37. The standard InChI is InChI=1S/C32H29FIN3O3S/c1-4-22-16-25-26(17-36(29(38)5-2)19-28(25)41-22)23-14-10-11-15-24(23)27-18-37(6-3)35-30(27)32(33,34)31(39)40-20-21-12-8-7-9-13-21/h4-5,7-16,18,26H,1-2,6,17,19-20H2,3H3/t26-,32?/m0/s1. The molecule has 0 bridgehead atoms. The van der Waals surface area contributed by atoms with Crippen LogP contribution in [0.5, 0.6) is 0 Å². The molecule has 0 saturated heterocycles. The van der Waals surface area contributed by atoms with Crippen molar-refractivity contribution >= 4 is 51.9 Å². The van der Waals surface area contributed by atoms with E-state index in [1.807, 2.05) is 67.6 Å². The van der Waals surface area contributed by atoms with E-state index in [1.165, 1.54) is 28.7 Å². The Morgan fingerprint density at radius 3 is 2.59 bits per heavy atom. The minimum atomic E-state index is -2.53. The number of alkyl halides is 2. The largest absolute Gasteiger partial charge is 0.458 e. The number of ether oxygens (including phenoxy) is 1. The Balaban J connectivity index is 1.57. The molecule has 0 fully saturated rings. The van der Waals surface area contributed by atoms with Crippen LogP contribution in [0, 0.1) is 0 Å². The van der Waals surface area contributed by atoms with Gasteiger partial charge in [0.2, 0.25) is 5.91 Å². The van der Waals surface area contributed by atoms with Crippen molar-refractivity contribution in [2.75, 3.05) is 6.54 Å². The van der Waals surface area contributed by atoms with Gasteiger partial charge in [-0.15, -0.1) is 11.3 Å². The highest BCUT2D eigenvalue weighted by molar-refractivity contribution is 14.1. The van der Waals surface area contributed by atoms with Crippen molar-refractivity contribution in [2.45, 2.75) is 36.2 Å². The molecule has 4 aromatic rings. The van der Waals surface area contributed by atoms with Crippen molar-refractivity contribution < 1.29 is 18.7 Å². The van der Waals surface area contributed by atoms with E-state index < -0.39 is 9.64 Å². The maximum atomic E-state index is 16.5. The fourth-order valence-electron chi connectivity index (χ4n) is 5.07. The molecule has 210 valence electrons. The smallest absolute Gasteiger partial charge is 0.361 e. The second-order valence-electron chi connectivity index (χ2n) is 9.68. The van der Waals surface area contributed by atoms with E-state index in [1.54, 1.807) is 27.1 Å². The van der Waals surface area contributed by atoms with E-state index in [2.05, 4.69) is 24.3 Å². The Kier molecular flexibility index (Phi) is 8.55. The van der Waals surface area contributed by atoms with Gasteiger partial charge in [-0.25, -0.2) is 9.18 Å². The van der Waals surface area contributed by atoms with Gasteiger partial charge in [0.25, 0.3) is 3.68 Å². The first kappa shape index (κ1) is 28.9. The first-order chi connectivity index (χ1) is 19.8. The summed E-state index contributed by atoms with van der Waals surface area (Å²) >= 11 is 3.10. The van der Waals surface area contributed by atoms with E-state index in [0.29, 0.717) is 25.2 Å². The van der Waals surface area contributed by atoms with Crippen molar-refractivity contribution in [1.29, 1.82) is 0 Å². The second kappa shape index (κ2) is 12.1. The van der Waals surface area contributed by atoms with Crippen molar-refractivity contribution in [3.63, 3.8) is 0 Å². The summed E-state index contributed by atoms with van der Waals surface area (Å²) in [6.07, 6.45) is 4.91. The number of benzene rings is 2. The van der Waals surface area contributed by atoms with Gasteiger partial charge in [-0.05, 0) is 63.9 Å². The van der Waals surface area contributed by atoms with Crippen LogP contribution in [0.25, 0.3) is 17.2 Å². The van der Waals surface area contributed by atoms with Crippen LogP contribution in [0.2, 0.25) is 0 Å². The van der Waals surface area contributed by atoms with Gasteiger partial charge >= 0.3 is 5.97 Å². The highest BCUT2D eigenvalue weighted by Crippen LogP contribution is 2.45. The van der Waals surface area contributed by atoms with E-state index in [0.717, 1.165) is 32.0 Å². The fourth-order valence-corrected chi connectivity index (χ4v) is 6.72. The number of esters is 1. The van der Waals surface area contributed by atoms with Crippen LogP contribution in [0.4, 0.5) is 4.39 Å². The number of aromatic nitrogens is 2. The van der Waals surface area contributed by atoms with Gasteiger partial charge in [-0.3, -0.25) is 9.48 Å². The van der Waals surface area contributed by atoms with Crippen LogP contribution >= 0.6 is 33.9 Å². The van der Waals surface area contributed by atoms with Gasteiger partial charge in [0.05, 0.1) is 6.54 Å². The number of halogens is 2. The Morgan fingerprint density at radius 1 is 1.15 bits per heavy atom. The third-order valence-electron chi connectivity index (χ3n) is 7.14. The Labute approximate surface area is 256 Å². The van der Waals surface area contributed by atoms with Gasteiger partial charge in [0.1, 0.15) is 12.3 Å². The molecule has 3 heterocycles. The summed E-state index contributed by atoms with van der Waals surface area (Å²) in [7, 11) is 0. The summed E-state index contributed by atoms with van der Waals surface area (Å²) in [6.45, 7) is 10.9. The molecule has 1 aliphatic rings. The van der Waals surface area contributed by atoms with Crippen LogP contribution in [0.1, 0.15) is 45.0 Å². The molecular formula is C32H29FIN3O3S. The average Bonchev–Trinajstić information content (AvgIpc) is 3.64. The molecule has 0 N–H and O–H groups in total. The third kappa shape index (κ3) is 5.78. The number of thiophene rings is 1. The summed E-state index contributed by atoms with van der Waals surface area (Å²) < 4.78 is 21.0. The molecule has 0 aliphatic carbocycles. The Hall–Kier alpha value is -3.57. The van der Waals surface area contributed by atoms with Crippen LogP contribution in [0.15, 0.2) is 86.1 Å². The normalized spacial score (nSPS) is 16.0. The van der Waals surface area contributed by atoms with Crippen molar-refractivity contribution in [3.05, 3.63) is 118 Å². The molecule has 41 heavy (non-hydrogen) atoms. The molecule has 5 rings (SSSR count). The number of aryl methyl sites for hydroxylation is 1. The Morgan fingerprint density at radius 2 is 1.88 bits per heavy atom. The molecule has 2 atom stereocenters. The molecular weight excluding hydrogens is 652 g/mol. The predicted molar refractivity (Wildman–Crippen MR) is 168 cm³/mol. The number of fused-ring (bicyclic) bond motifs is 1. The zero-order valence-corrected chi connectivity index (χ0v) is 25.5. The molecule has 0 spiro atoms. The van der Waals surface area contributed by atoms with E-state index >= 15 is 4.39 Å². The molecule has 2 aromatic heterocycles. The molecule has 6 nitrogen and oxygen atoms in total. The van der Waals surface area contributed by atoms with Crippen LogP contribution < -0.4 is 0 Å². The predicted octanol–water partition coefficient (Wildman–Crippen LogP) is 7.24. The minimum Gasteiger partial charge on any atom is -0.458 e. The maximum absolute atomic E-state index is 16.5. The van der Waals surface area contributed by atoms with Crippen LogP contribution in [-0.4, -0.2) is 33.1 Å². The number of rotatable bonds is 9. The monoisotopic (exact) mass is 681 g/mol. The third-order valence-corrected chi connectivity index (χ3v) is 9.22. The molecule has 9 heteroatoms. The number of carbonyl (C=O) groups is 2. The quantitative estimate of drug-likeness (QED) is 0.0810. The van der Waals surface area contributed by atoms with Crippen molar-refractivity contribution in [3.8, 4) is 11.1 Å². The summed E-state index contributed by atoms with van der Waals surface area (Å²) in [5.41, 5.74) is 4.01. The molecule has 2 aromatic carbocycles. The molecule has 0 radical (unpaired) electrons. The van der Waals surface area contributed by atoms with Crippen LogP contribution in [0.3, 0.4) is 0 Å². The lowest BCUT2D eigenvalue weighted by atomic mass is 9.83. The number of nitrogens with zero attached hydrogens (tertiary/aromatic N) is 3. The summed E-state index contributed by atoms with van der Waals surface area (Å²) in [4.78, 5) is 29.7. The van der Waals surface area contributed by atoms with Crippen molar-refractivity contribution in [2.24, 2.45) is 0 Å². The zero-order valence-electron chi connectivity index (χ0n) is 22.6. The number of hydrogen-bond donors (Lipinski definition) is 0. The molecule has 1 unspecified atom stereocenters. The van der Waals surface area contributed by atoms with Crippen molar-refractivity contribution in [1.82, 2.24) is 14.7 Å². The Bertz CT molecular complexity index is 1610. The van der Waals surface area contributed by atoms with E-state index in [-0.39, 0.29) is 24.1 Å². The maximum Gasteiger partial charge on any atom is 0.361 e. The molecule has 1 aliphatic heterocycles. The number of amides is 1. The van der Waals surface area contributed by atoms with Gasteiger partial charge < -0.3 is 9.64 Å². The summed E-state index contributed by atoms with van der Waals surface area (Å²) in [5.74, 6) is -1.35. The zero-order chi connectivity index (χ0) is 29.1. The summed E-state index contributed by atoms with van der Waals surface area (Å²) in [5, 5.41) is 4.50. The van der Waals surface area contributed by atoms with E-state index in [9.17, 15) is 9.59 Å². The number of carbonyl (C=O) groups excluding carboxylic acids is 2. The lowest BCUT2D eigenvalue weighted by Gasteiger charge is -2.33. The molecule has 1 amide bonds. The van der Waals surface area contributed by atoms with Gasteiger partial charge in [0.15, 0.2) is 0 Å². The lowest BCUT2D eigenvalue weighted by molar-refractivity contribution is -0.152. The topological polar surface area (TPSA) is 64.4 Å². The SMILES string of the molecule is C=CC(=O)N1Cc2sc(C=C)cc2[C@H](c2ccccc2-c2cn(CC)nc2C(F)(I)C(=O)OCc2ccccc2)C1. The van der Waals surface area contributed by atoms with Crippen LogP contribution in [-0.2, 0) is 37.7 Å².